The van der Waals surface area contributed by atoms with Gasteiger partial charge in [0.2, 0.25) is 5.91 Å². The Morgan fingerprint density at radius 2 is 2.26 bits per heavy atom. The van der Waals surface area contributed by atoms with Crippen LogP contribution in [0.3, 0.4) is 0 Å². The first-order valence-electron chi connectivity index (χ1n) is 6.81. The van der Waals surface area contributed by atoms with E-state index >= 15 is 0 Å². The number of hydrogen-bond acceptors (Lipinski definition) is 3. The second-order valence-corrected chi connectivity index (χ2v) is 5.63. The Morgan fingerprint density at radius 1 is 1.53 bits per heavy atom. The Bertz CT molecular complexity index is 473. The summed E-state index contributed by atoms with van der Waals surface area (Å²) in [6.07, 6.45) is 2.48. The number of carbonyl (C=O) groups excluding carboxylic acids is 1. The highest BCUT2D eigenvalue weighted by atomic mass is 16.5. The lowest BCUT2D eigenvalue weighted by molar-refractivity contribution is -0.121. The average molecular weight is 265 g/mol. The summed E-state index contributed by atoms with van der Waals surface area (Å²) >= 11 is 0. The van der Waals surface area contributed by atoms with Crippen molar-refractivity contribution >= 4 is 5.91 Å². The van der Waals surface area contributed by atoms with E-state index in [1.54, 1.807) is 0 Å². The number of aromatic nitrogens is 2. The van der Waals surface area contributed by atoms with Gasteiger partial charge < -0.3 is 10.1 Å². The number of nitrogens with zero attached hydrogens (tertiary/aromatic N) is 2. The van der Waals surface area contributed by atoms with Crippen LogP contribution < -0.4 is 5.32 Å². The molecule has 1 fully saturated rings. The Labute approximate surface area is 114 Å². The fourth-order valence-electron chi connectivity index (χ4n) is 2.56. The van der Waals surface area contributed by atoms with Crippen molar-refractivity contribution in [3.05, 3.63) is 17.0 Å². The lowest BCUT2D eigenvalue weighted by Crippen LogP contribution is -2.40. The molecule has 1 aliphatic heterocycles. The van der Waals surface area contributed by atoms with Crippen LogP contribution in [0.25, 0.3) is 0 Å². The number of amides is 1. The molecule has 19 heavy (non-hydrogen) atoms. The Hall–Kier alpha value is -1.36. The van der Waals surface area contributed by atoms with Crippen molar-refractivity contribution in [2.45, 2.75) is 45.6 Å². The molecule has 1 N–H and O–H groups in total. The number of nitrogens with one attached hydrogen (secondary N) is 1. The van der Waals surface area contributed by atoms with Gasteiger partial charge in [-0.1, -0.05) is 0 Å². The van der Waals surface area contributed by atoms with Gasteiger partial charge in [0.1, 0.15) is 0 Å². The molecule has 1 aliphatic rings. The maximum Gasteiger partial charge on any atom is 0.224 e. The summed E-state index contributed by atoms with van der Waals surface area (Å²) in [6.45, 7) is 7.37. The van der Waals surface area contributed by atoms with Crippen LogP contribution in [0, 0.1) is 13.8 Å². The van der Waals surface area contributed by atoms with Crippen molar-refractivity contribution < 1.29 is 9.53 Å². The summed E-state index contributed by atoms with van der Waals surface area (Å²) < 4.78 is 7.48. The Kier molecular flexibility index (Phi) is 3.94. The van der Waals surface area contributed by atoms with Gasteiger partial charge in [-0.05, 0) is 33.6 Å². The van der Waals surface area contributed by atoms with E-state index in [1.807, 2.05) is 25.6 Å². The van der Waals surface area contributed by atoms with E-state index in [0.717, 1.165) is 36.4 Å². The van der Waals surface area contributed by atoms with Crippen LogP contribution in [-0.2, 0) is 23.0 Å². The molecule has 1 atom stereocenters. The summed E-state index contributed by atoms with van der Waals surface area (Å²) in [5.41, 5.74) is 2.82. The SMILES string of the molecule is Cc1nn(C)c(C)c1CC(=O)NCC1(C)CCCO1. The third kappa shape index (κ3) is 3.15. The molecule has 1 aromatic heterocycles. The van der Waals surface area contributed by atoms with Gasteiger partial charge in [-0.2, -0.15) is 5.10 Å². The molecule has 2 rings (SSSR count). The summed E-state index contributed by atoms with van der Waals surface area (Å²) in [4.78, 5) is 12.0. The first kappa shape index (κ1) is 14.1. The van der Waals surface area contributed by atoms with E-state index in [4.69, 9.17) is 4.74 Å². The third-order valence-electron chi connectivity index (χ3n) is 3.96. The summed E-state index contributed by atoms with van der Waals surface area (Å²) in [6, 6.07) is 0. The molecule has 2 heterocycles. The van der Waals surface area contributed by atoms with Crippen molar-refractivity contribution in [1.82, 2.24) is 15.1 Å². The summed E-state index contributed by atoms with van der Waals surface area (Å²) in [5.74, 6) is 0.0379. The molecule has 1 aromatic rings. The number of carbonyl (C=O) groups is 1. The molecule has 0 spiro atoms. The van der Waals surface area contributed by atoms with Gasteiger partial charge in [-0.3, -0.25) is 9.48 Å². The van der Waals surface area contributed by atoms with Crippen LogP contribution in [0.15, 0.2) is 0 Å². The topological polar surface area (TPSA) is 56.2 Å². The number of hydrogen-bond donors (Lipinski definition) is 1. The first-order chi connectivity index (χ1) is 8.91. The molecular weight excluding hydrogens is 242 g/mol. The van der Waals surface area contributed by atoms with Crippen molar-refractivity contribution in [2.75, 3.05) is 13.2 Å². The average Bonchev–Trinajstić information content (AvgIpc) is 2.88. The second-order valence-electron chi connectivity index (χ2n) is 5.63. The minimum Gasteiger partial charge on any atom is -0.373 e. The minimum absolute atomic E-state index is 0.0379. The van der Waals surface area contributed by atoms with Crippen LogP contribution in [0.5, 0.6) is 0 Å². The van der Waals surface area contributed by atoms with E-state index in [1.165, 1.54) is 0 Å². The van der Waals surface area contributed by atoms with Gasteiger partial charge in [0.15, 0.2) is 0 Å². The highest BCUT2D eigenvalue weighted by Gasteiger charge is 2.30. The molecule has 1 unspecified atom stereocenters. The first-order valence-corrected chi connectivity index (χ1v) is 6.81. The van der Waals surface area contributed by atoms with E-state index in [-0.39, 0.29) is 11.5 Å². The fraction of sp³-hybridized carbons (Fsp3) is 0.714. The van der Waals surface area contributed by atoms with E-state index < -0.39 is 0 Å². The second kappa shape index (κ2) is 5.33. The molecule has 0 radical (unpaired) electrons. The number of aryl methyl sites for hydroxylation is 2. The smallest absolute Gasteiger partial charge is 0.224 e. The van der Waals surface area contributed by atoms with Gasteiger partial charge in [0, 0.05) is 31.5 Å². The van der Waals surface area contributed by atoms with Crippen LogP contribution in [0.4, 0.5) is 0 Å². The van der Waals surface area contributed by atoms with E-state index in [9.17, 15) is 4.79 Å². The predicted octanol–water partition coefficient (Wildman–Crippen LogP) is 1.26. The lowest BCUT2D eigenvalue weighted by atomic mass is 10.0. The van der Waals surface area contributed by atoms with Crippen molar-refractivity contribution in [1.29, 1.82) is 0 Å². The van der Waals surface area contributed by atoms with Gasteiger partial charge in [-0.15, -0.1) is 0 Å². The quantitative estimate of drug-likeness (QED) is 0.892. The van der Waals surface area contributed by atoms with Gasteiger partial charge in [0.05, 0.1) is 17.7 Å². The molecule has 0 aliphatic carbocycles. The normalized spacial score (nSPS) is 22.7. The van der Waals surface area contributed by atoms with E-state index in [0.29, 0.717) is 13.0 Å². The van der Waals surface area contributed by atoms with Gasteiger partial charge in [0.25, 0.3) is 0 Å². The van der Waals surface area contributed by atoms with Crippen molar-refractivity contribution in [2.24, 2.45) is 7.05 Å². The standard InChI is InChI=1S/C14H23N3O2/c1-10-12(11(2)17(4)16-10)8-13(18)15-9-14(3)6-5-7-19-14/h5-9H2,1-4H3,(H,15,18). The van der Waals surface area contributed by atoms with Crippen LogP contribution in [0.2, 0.25) is 0 Å². The van der Waals surface area contributed by atoms with Gasteiger partial charge >= 0.3 is 0 Å². The zero-order valence-electron chi connectivity index (χ0n) is 12.2. The molecule has 0 aromatic carbocycles. The maximum absolute atomic E-state index is 12.0. The lowest BCUT2D eigenvalue weighted by Gasteiger charge is -2.23. The maximum atomic E-state index is 12.0. The zero-order chi connectivity index (χ0) is 14.0. The van der Waals surface area contributed by atoms with Crippen molar-refractivity contribution in [3.63, 3.8) is 0 Å². The molecule has 1 amide bonds. The molecule has 5 nitrogen and oxygen atoms in total. The fourth-order valence-corrected chi connectivity index (χ4v) is 2.56. The minimum atomic E-state index is -0.186. The molecule has 1 saturated heterocycles. The highest BCUT2D eigenvalue weighted by Crippen LogP contribution is 2.24. The van der Waals surface area contributed by atoms with E-state index in [2.05, 4.69) is 17.3 Å². The molecule has 5 heteroatoms. The summed E-state index contributed by atoms with van der Waals surface area (Å²) in [5, 5.41) is 7.30. The summed E-state index contributed by atoms with van der Waals surface area (Å²) in [7, 11) is 1.90. The highest BCUT2D eigenvalue weighted by molar-refractivity contribution is 5.79. The van der Waals surface area contributed by atoms with Crippen LogP contribution >= 0.6 is 0 Å². The van der Waals surface area contributed by atoms with Crippen LogP contribution in [-0.4, -0.2) is 34.4 Å². The monoisotopic (exact) mass is 265 g/mol. The number of ether oxygens (including phenoxy) is 1. The molecular formula is C14H23N3O2. The zero-order valence-corrected chi connectivity index (χ0v) is 12.2. The largest absolute Gasteiger partial charge is 0.373 e. The van der Waals surface area contributed by atoms with Crippen LogP contribution in [0.1, 0.15) is 36.7 Å². The molecule has 0 bridgehead atoms. The Morgan fingerprint density at radius 3 is 2.79 bits per heavy atom. The third-order valence-corrected chi connectivity index (χ3v) is 3.96. The Balaban J connectivity index is 1.91. The van der Waals surface area contributed by atoms with Gasteiger partial charge in [-0.25, -0.2) is 0 Å². The number of rotatable bonds is 4. The molecule has 106 valence electrons. The van der Waals surface area contributed by atoms with Crippen molar-refractivity contribution in [3.8, 4) is 0 Å². The predicted molar refractivity (Wildman–Crippen MR) is 73.0 cm³/mol. The molecule has 0 saturated carbocycles.